The van der Waals surface area contributed by atoms with Crippen molar-refractivity contribution in [2.24, 2.45) is 5.92 Å². The number of hydrogen-bond donors (Lipinski definition) is 0. The lowest BCUT2D eigenvalue weighted by atomic mass is 9.99. The van der Waals surface area contributed by atoms with Crippen LogP contribution in [0.15, 0.2) is 18.7 Å². The fourth-order valence-corrected chi connectivity index (χ4v) is 3.35. The lowest BCUT2D eigenvalue weighted by Crippen LogP contribution is -2.49. The van der Waals surface area contributed by atoms with Gasteiger partial charge >= 0.3 is 0 Å². The molecule has 1 fully saturated rings. The van der Waals surface area contributed by atoms with Gasteiger partial charge in [0.25, 0.3) is 0 Å². The molecule has 0 atom stereocenters. The van der Waals surface area contributed by atoms with E-state index in [1.807, 2.05) is 6.20 Å². The van der Waals surface area contributed by atoms with E-state index in [9.17, 15) is 0 Å². The molecule has 104 valence electrons. The topological polar surface area (TPSA) is 46.8 Å². The highest BCUT2D eigenvalue weighted by Gasteiger charge is 2.31. The smallest absolute Gasteiger partial charge is 0.135 e. The molecule has 0 radical (unpaired) electrons. The SMILES string of the molecule is Cc1nccn1CC1CN(c2ncnc3c2CCC3)C1. The Morgan fingerprint density at radius 1 is 1.20 bits per heavy atom. The van der Waals surface area contributed by atoms with Crippen LogP contribution in [0.2, 0.25) is 0 Å². The van der Waals surface area contributed by atoms with Gasteiger partial charge in [-0.15, -0.1) is 0 Å². The highest BCUT2D eigenvalue weighted by molar-refractivity contribution is 5.52. The minimum absolute atomic E-state index is 0.704. The van der Waals surface area contributed by atoms with E-state index in [4.69, 9.17) is 0 Å². The molecule has 0 spiro atoms. The summed E-state index contributed by atoms with van der Waals surface area (Å²) in [6.07, 6.45) is 9.17. The van der Waals surface area contributed by atoms with E-state index in [0.29, 0.717) is 5.92 Å². The van der Waals surface area contributed by atoms with Crippen molar-refractivity contribution in [3.05, 3.63) is 35.8 Å². The second kappa shape index (κ2) is 4.58. The average Bonchev–Trinajstić information content (AvgIpc) is 3.02. The largest absolute Gasteiger partial charge is 0.355 e. The van der Waals surface area contributed by atoms with Gasteiger partial charge in [-0.2, -0.15) is 0 Å². The number of rotatable bonds is 3. The summed E-state index contributed by atoms with van der Waals surface area (Å²) in [4.78, 5) is 15.6. The summed E-state index contributed by atoms with van der Waals surface area (Å²) < 4.78 is 2.24. The predicted octanol–water partition coefficient (Wildman–Crippen LogP) is 1.61. The Balaban J connectivity index is 1.44. The number of anilines is 1. The van der Waals surface area contributed by atoms with Gasteiger partial charge in [-0.1, -0.05) is 0 Å². The van der Waals surface area contributed by atoms with E-state index in [2.05, 4.69) is 37.5 Å². The zero-order chi connectivity index (χ0) is 13.5. The average molecular weight is 269 g/mol. The summed E-state index contributed by atoms with van der Waals surface area (Å²) in [5.41, 5.74) is 2.66. The normalized spacial score (nSPS) is 18.1. The van der Waals surface area contributed by atoms with E-state index in [1.165, 1.54) is 23.5 Å². The maximum Gasteiger partial charge on any atom is 0.135 e. The Morgan fingerprint density at radius 3 is 2.90 bits per heavy atom. The highest BCUT2D eigenvalue weighted by atomic mass is 15.3. The third-order valence-corrected chi connectivity index (χ3v) is 4.49. The summed E-state index contributed by atoms with van der Waals surface area (Å²) in [6, 6.07) is 0. The van der Waals surface area contributed by atoms with Crippen LogP contribution in [0, 0.1) is 12.8 Å². The van der Waals surface area contributed by atoms with E-state index >= 15 is 0 Å². The molecule has 3 heterocycles. The van der Waals surface area contributed by atoms with Crippen molar-refractivity contribution >= 4 is 5.82 Å². The first-order valence-corrected chi connectivity index (χ1v) is 7.36. The van der Waals surface area contributed by atoms with Crippen molar-refractivity contribution in [1.82, 2.24) is 19.5 Å². The van der Waals surface area contributed by atoms with Crippen LogP contribution >= 0.6 is 0 Å². The Kier molecular flexibility index (Phi) is 2.72. The monoisotopic (exact) mass is 269 g/mol. The Hall–Kier alpha value is -1.91. The lowest BCUT2D eigenvalue weighted by molar-refractivity contribution is 0.351. The van der Waals surface area contributed by atoms with E-state index in [0.717, 1.165) is 38.3 Å². The molecular formula is C15H19N5. The molecule has 20 heavy (non-hydrogen) atoms. The van der Waals surface area contributed by atoms with E-state index in [1.54, 1.807) is 6.33 Å². The molecule has 1 saturated heterocycles. The van der Waals surface area contributed by atoms with Crippen LogP contribution in [-0.4, -0.2) is 32.6 Å². The molecule has 0 N–H and O–H groups in total. The van der Waals surface area contributed by atoms with Crippen LogP contribution in [0.1, 0.15) is 23.5 Å². The fourth-order valence-electron chi connectivity index (χ4n) is 3.35. The number of nitrogens with zero attached hydrogens (tertiary/aromatic N) is 5. The standard InChI is InChI=1S/C15H19N5/c1-11-16-5-6-19(11)7-12-8-20(9-12)15-13-3-2-4-14(13)17-10-18-15/h5-6,10,12H,2-4,7-9H2,1H3. The van der Waals surface area contributed by atoms with Crippen LogP contribution in [0.5, 0.6) is 0 Å². The molecule has 2 aliphatic rings. The van der Waals surface area contributed by atoms with Crippen molar-refractivity contribution < 1.29 is 0 Å². The van der Waals surface area contributed by atoms with Gasteiger partial charge in [0, 0.05) is 49.2 Å². The third kappa shape index (κ3) is 1.88. The molecule has 0 amide bonds. The fraction of sp³-hybridized carbons (Fsp3) is 0.533. The number of aryl methyl sites for hydroxylation is 2. The first-order chi connectivity index (χ1) is 9.81. The Labute approximate surface area is 118 Å². The minimum Gasteiger partial charge on any atom is -0.355 e. The van der Waals surface area contributed by atoms with Gasteiger partial charge in [0.15, 0.2) is 0 Å². The van der Waals surface area contributed by atoms with Gasteiger partial charge in [0.05, 0.1) is 0 Å². The van der Waals surface area contributed by atoms with Crippen molar-refractivity contribution in [3.8, 4) is 0 Å². The van der Waals surface area contributed by atoms with Gasteiger partial charge in [-0.25, -0.2) is 15.0 Å². The van der Waals surface area contributed by atoms with Gasteiger partial charge in [-0.05, 0) is 26.2 Å². The predicted molar refractivity (Wildman–Crippen MR) is 76.7 cm³/mol. The number of fused-ring (bicyclic) bond motifs is 1. The Bertz CT molecular complexity index is 627. The molecule has 2 aromatic rings. The van der Waals surface area contributed by atoms with E-state index in [-0.39, 0.29) is 0 Å². The maximum atomic E-state index is 4.52. The molecule has 0 unspecified atom stereocenters. The first kappa shape index (κ1) is 11.9. The van der Waals surface area contributed by atoms with Crippen LogP contribution < -0.4 is 4.90 Å². The highest BCUT2D eigenvalue weighted by Crippen LogP contribution is 2.32. The molecule has 1 aliphatic heterocycles. The van der Waals surface area contributed by atoms with Crippen LogP contribution in [0.25, 0.3) is 0 Å². The lowest BCUT2D eigenvalue weighted by Gasteiger charge is -2.41. The van der Waals surface area contributed by atoms with Gasteiger partial charge in [-0.3, -0.25) is 0 Å². The Morgan fingerprint density at radius 2 is 2.10 bits per heavy atom. The molecule has 1 aliphatic carbocycles. The van der Waals surface area contributed by atoms with E-state index < -0.39 is 0 Å². The summed E-state index contributed by atoms with van der Waals surface area (Å²) in [5, 5.41) is 0. The second-order valence-corrected chi connectivity index (χ2v) is 5.87. The van der Waals surface area contributed by atoms with Crippen molar-refractivity contribution in [2.45, 2.75) is 32.7 Å². The molecular weight excluding hydrogens is 250 g/mol. The summed E-state index contributed by atoms with van der Waals surface area (Å²) in [7, 11) is 0. The molecule has 4 rings (SSSR count). The zero-order valence-electron chi connectivity index (χ0n) is 11.8. The number of aromatic nitrogens is 4. The van der Waals surface area contributed by atoms with Gasteiger partial charge < -0.3 is 9.47 Å². The molecule has 0 aromatic carbocycles. The van der Waals surface area contributed by atoms with Crippen molar-refractivity contribution in [3.63, 3.8) is 0 Å². The van der Waals surface area contributed by atoms with Crippen LogP contribution in [0.4, 0.5) is 5.82 Å². The molecule has 5 heteroatoms. The van der Waals surface area contributed by atoms with Gasteiger partial charge in [0.2, 0.25) is 0 Å². The zero-order valence-corrected chi connectivity index (χ0v) is 11.8. The van der Waals surface area contributed by atoms with Gasteiger partial charge in [0.1, 0.15) is 18.0 Å². The summed E-state index contributed by atoms with van der Waals surface area (Å²) in [6.45, 7) is 5.32. The van der Waals surface area contributed by atoms with Crippen molar-refractivity contribution in [1.29, 1.82) is 0 Å². The first-order valence-electron chi connectivity index (χ1n) is 7.36. The van der Waals surface area contributed by atoms with Crippen molar-refractivity contribution in [2.75, 3.05) is 18.0 Å². The number of hydrogen-bond acceptors (Lipinski definition) is 4. The van der Waals surface area contributed by atoms with Crippen LogP contribution in [0.3, 0.4) is 0 Å². The maximum absolute atomic E-state index is 4.52. The quantitative estimate of drug-likeness (QED) is 0.849. The van der Waals surface area contributed by atoms with Crippen LogP contribution in [-0.2, 0) is 19.4 Å². The second-order valence-electron chi connectivity index (χ2n) is 5.87. The molecule has 2 aromatic heterocycles. The molecule has 0 saturated carbocycles. The minimum atomic E-state index is 0.704. The third-order valence-electron chi connectivity index (χ3n) is 4.49. The molecule has 0 bridgehead atoms. The number of imidazole rings is 1. The summed E-state index contributed by atoms with van der Waals surface area (Å²) >= 11 is 0. The summed E-state index contributed by atoms with van der Waals surface area (Å²) in [5.74, 6) is 2.99. The molecule has 5 nitrogen and oxygen atoms in total.